The maximum absolute atomic E-state index is 11.4. The number of pyridine rings is 1. The second kappa shape index (κ2) is 3.46. The van der Waals surface area contributed by atoms with Crippen molar-refractivity contribution in [3.8, 4) is 0 Å². The van der Waals surface area contributed by atoms with E-state index in [1.54, 1.807) is 12.3 Å². The first kappa shape index (κ1) is 8.70. The molecule has 1 aromatic heterocycles. The third-order valence-electron chi connectivity index (χ3n) is 2.46. The summed E-state index contributed by atoms with van der Waals surface area (Å²) in [6, 6.07) is 3.63. The summed E-state index contributed by atoms with van der Waals surface area (Å²) in [5, 5.41) is 0.481. The van der Waals surface area contributed by atoms with E-state index < -0.39 is 0 Å². The summed E-state index contributed by atoms with van der Waals surface area (Å²) in [5.41, 5.74) is 1.01. The van der Waals surface area contributed by atoms with Crippen molar-refractivity contribution in [1.82, 2.24) is 4.98 Å². The van der Waals surface area contributed by atoms with Gasteiger partial charge in [0.05, 0.1) is 0 Å². The van der Waals surface area contributed by atoms with E-state index in [9.17, 15) is 4.79 Å². The zero-order valence-electron chi connectivity index (χ0n) is 7.16. The molecule has 0 aromatic carbocycles. The van der Waals surface area contributed by atoms with Crippen molar-refractivity contribution < 1.29 is 4.79 Å². The fourth-order valence-electron chi connectivity index (χ4n) is 1.76. The first-order valence-electron chi connectivity index (χ1n) is 4.41. The number of ketones is 1. The third kappa shape index (κ3) is 1.73. The van der Waals surface area contributed by atoms with Crippen LogP contribution in [0, 0.1) is 0 Å². The largest absolute Gasteiger partial charge is 0.299 e. The predicted molar refractivity (Wildman–Crippen MR) is 50.8 cm³/mol. The van der Waals surface area contributed by atoms with Gasteiger partial charge in [0.2, 0.25) is 0 Å². The normalized spacial score (nSPS) is 22.2. The van der Waals surface area contributed by atoms with Gasteiger partial charge in [-0.1, -0.05) is 17.7 Å². The second-order valence-corrected chi connectivity index (χ2v) is 3.71. The van der Waals surface area contributed by atoms with Gasteiger partial charge in [-0.05, 0) is 24.5 Å². The molecule has 1 heterocycles. The molecule has 68 valence electrons. The molecule has 3 heteroatoms. The molecule has 2 rings (SSSR count). The zero-order valence-corrected chi connectivity index (χ0v) is 7.92. The van der Waals surface area contributed by atoms with E-state index in [-0.39, 0.29) is 5.92 Å². The smallest absolute Gasteiger partial charge is 0.140 e. The van der Waals surface area contributed by atoms with E-state index in [0.29, 0.717) is 17.4 Å². The maximum atomic E-state index is 11.4. The van der Waals surface area contributed by atoms with Crippen LogP contribution in [-0.4, -0.2) is 10.8 Å². The van der Waals surface area contributed by atoms with Crippen LogP contribution in [0.4, 0.5) is 0 Å². The number of aromatic nitrogens is 1. The number of carbonyl (C=O) groups excluding carboxylic acids is 1. The lowest BCUT2D eigenvalue weighted by atomic mass is 9.99. The Morgan fingerprint density at radius 2 is 2.31 bits per heavy atom. The molecule has 0 saturated heterocycles. The summed E-state index contributed by atoms with van der Waals surface area (Å²) in [6.07, 6.45) is 4.39. The molecule has 1 aliphatic carbocycles. The summed E-state index contributed by atoms with van der Waals surface area (Å²) in [7, 11) is 0. The summed E-state index contributed by atoms with van der Waals surface area (Å²) in [5.74, 6) is 0.411. The number of rotatable bonds is 1. The molecule has 0 amide bonds. The van der Waals surface area contributed by atoms with E-state index in [4.69, 9.17) is 11.6 Å². The Bertz CT molecular complexity index is 320. The van der Waals surface area contributed by atoms with E-state index in [2.05, 4.69) is 4.98 Å². The van der Waals surface area contributed by atoms with Crippen LogP contribution in [0.3, 0.4) is 0 Å². The van der Waals surface area contributed by atoms with Crippen molar-refractivity contribution in [2.45, 2.75) is 25.2 Å². The fourth-order valence-corrected chi connectivity index (χ4v) is 1.87. The Labute approximate surface area is 81.9 Å². The van der Waals surface area contributed by atoms with Crippen molar-refractivity contribution in [2.24, 2.45) is 0 Å². The summed E-state index contributed by atoms with van der Waals surface area (Å²) < 4.78 is 0. The van der Waals surface area contributed by atoms with Crippen LogP contribution in [0.15, 0.2) is 18.3 Å². The molecular weight excluding hydrogens is 186 g/mol. The Hall–Kier alpha value is -0.890. The molecule has 0 spiro atoms. The molecule has 0 N–H and O–H groups in total. The van der Waals surface area contributed by atoms with Gasteiger partial charge in [0.25, 0.3) is 0 Å². The maximum Gasteiger partial charge on any atom is 0.140 e. The lowest BCUT2D eigenvalue weighted by Crippen LogP contribution is -2.04. The van der Waals surface area contributed by atoms with E-state index in [1.165, 1.54) is 0 Å². The number of Topliss-reactive ketones (excluding diaryl/α,β-unsaturated/α-hetero) is 1. The molecule has 1 aromatic rings. The SMILES string of the molecule is O=C1CCCC1c1ccc(Cl)nc1. The van der Waals surface area contributed by atoms with Gasteiger partial charge in [-0.15, -0.1) is 0 Å². The highest BCUT2D eigenvalue weighted by molar-refractivity contribution is 6.29. The molecule has 1 unspecified atom stereocenters. The second-order valence-electron chi connectivity index (χ2n) is 3.33. The topological polar surface area (TPSA) is 30.0 Å². The Kier molecular flexibility index (Phi) is 2.32. The molecule has 1 fully saturated rings. The van der Waals surface area contributed by atoms with Gasteiger partial charge in [-0.25, -0.2) is 4.98 Å². The van der Waals surface area contributed by atoms with Crippen molar-refractivity contribution >= 4 is 17.4 Å². The molecule has 0 radical (unpaired) electrons. The molecule has 1 saturated carbocycles. The van der Waals surface area contributed by atoms with E-state index >= 15 is 0 Å². The van der Waals surface area contributed by atoms with Crippen LogP contribution in [0.25, 0.3) is 0 Å². The predicted octanol–water partition coefficient (Wildman–Crippen LogP) is 2.57. The minimum Gasteiger partial charge on any atom is -0.299 e. The lowest BCUT2D eigenvalue weighted by Gasteiger charge is -2.06. The highest BCUT2D eigenvalue weighted by Crippen LogP contribution is 2.30. The monoisotopic (exact) mass is 195 g/mol. The minimum absolute atomic E-state index is 0.0739. The highest BCUT2D eigenvalue weighted by Gasteiger charge is 2.25. The fraction of sp³-hybridized carbons (Fsp3) is 0.400. The van der Waals surface area contributed by atoms with Crippen LogP contribution >= 0.6 is 11.6 Å². The van der Waals surface area contributed by atoms with Gasteiger partial charge in [-0.2, -0.15) is 0 Å². The Balaban J connectivity index is 2.25. The van der Waals surface area contributed by atoms with Gasteiger partial charge in [0, 0.05) is 18.5 Å². The first-order valence-corrected chi connectivity index (χ1v) is 4.79. The highest BCUT2D eigenvalue weighted by atomic mass is 35.5. The van der Waals surface area contributed by atoms with Gasteiger partial charge < -0.3 is 0 Å². The van der Waals surface area contributed by atoms with Crippen LogP contribution in [0.2, 0.25) is 5.15 Å². The summed E-state index contributed by atoms with van der Waals surface area (Å²) >= 11 is 5.66. The van der Waals surface area contributed by atoms with Crippen LogP contribution < -0.4 is 0 Å². The quantitative estimate of drug-likeness (QED) is 0.645. The number of hydrogen-bond donors (Lipinski definition) is 0. The molecule has 13 heavy (non-hydrogen) atoms. The van der Waals surface area contributed by atoms with Crippen molar-refractivity contribution in [3.05, 3.63) is 29.0 Å². The number of halogens is 1. The standard InChI is InChI=1S/C10H10ClNO/c11-10-5-4-7(6-12-10)8-2-1-3-9(8)13/h4-6,8H,1-3H2. The molecule has 0 aliphatic heterocycles. The molecular formula is C10H10ClNO. The zero-order chi connectivity index (χ0) is 9.26. The molecule has 1 aliphatic rings. The average molecular weight is 196 g/mol. The molecule has 1 atom stereocenters. The van der Waals surface area contributed by atoms with Crippen LogP contribution in [-0.2, 0) is 4.79 Å². The first-order chi connectivity index (χ1) is 6.27. The number of hydrogen-bond acceptors (Lipinski definition) is 2. The number of nitrogens with zero attached hydrogens (tertiary/aromatic N) is 1. The van der Waals surface area contributed by atoms with E-state index in [1.807, 2.05) is 6.07 Å². The lowest BCUT2D eigenvalue weighted by molar-refractivity contribution is -0.118. The van der Waals surface area contributed by atoms with Crippen LogP contribution in [0.1, 0.15) is 30.7 Å². The average Bonchev–Trinajstić information content (AvgIpc) is 2.53. The van der Waals surface area contributed by atoms with Crippen molar-refractivity contribution in [1.29, 1.82) is 0 Å². The van der Waals surface area contributed by atoms with Crippen LogP contribution in [0.5, 0.6) is 0 Å². The third-order valence-corrected chi connectivity index (χ3v) is 2.68. The van der Waals surface area contributed by atoms with Crippen molar-refractivity contribution in [2.75, 3.05) is 0 Å². The van der Waals surface area contributed by atoms with E-state index in [0.717, 1.165) is 18.4 Å². The van der Waals surface area contributed by atoms with Crippen molar-refractivity contribution in [3.63, 3.8) is 0 Å². The minimum atomic E-state index is 0.0739. The molecule has 0 bridgehead atoms. The molecule has 2 nitrogen and oxygen atoms in total. The van der Waals surface area contributed by atoms with Gasteiger partial charge in [0.1, 0.15) is 10.9 Å². The van der Waals surface area contributed by atoms with Gasteiger partial charge in [-0.3, -0.25) is 4.79 Å². The van der Waals surface area contributed by atoms with Gasteiger partial charge in [0.15, 0.2) is 0 Å². The van der Waals surface area contributed by atoms with Gasteiger partial charge >= 0.3 is 0 Å². The number of carbonyl (C=O) groups is 1. The Morgan fingerprint density at radius 3 is 2.85 bits per heavy atom. The Morgan fingerprint density at radius 1 is 1.46 bits per heavy atom. The summed E-state index contributed by atoms with van der Waals surface area (Å²) in [4.78, 5) is 15.4. The summed E-state index contributed by atoms with van der Waals surface area (Å²) in [6.45, 7) is 0.